The number of rotatable bonds is 6. The van der Waals surface area contributed by atoms with E-state index in [1.54, 1.807) is 11.3 Å². The molecule has 0 fully saturated rings. The van der Waals surface area contributed by atoms with E-state index in [0.717, 1.165) is 12.2 Å². The molecule has 0 atom stereocenters. The minimum atomic E-state index is 0.288. The van der Waals surface area contributed by atoms with Gasteiger partial charge in [0, 0.05) is 22.6 Å². The molecule has 3 N–H and O–H groups in total. The zero-order valence-corrected chi connectivity index (χ0v) is 10.8. The van der Waals surface area contributed by atoms with E-state index in [2.05, 4.69) is 31.5 Å². The van der Waals surface area contributed by atoms with Gasteiger partial charge >= 0.3 is 0 Å². The van der Waals surface area contributed by atoms with Gasteiger partial charge in [0.25, 0.3) is 0 Å². The van der Waals surface area contributed by atoms with Crippen LogP contribution in [0.4, 0.5) is 5.69 Å². The van der Waals surface area contributed by atoms with Crippen molar-refractivity contribution >= 4 is 17.0 Å². The lowest BCUT2D eigenvalue weighted by Crippen LogP contribution is -2.42. The summed E-state index contributed by atoms with van der Waals surface area (Å²) in [4.78, 5) is 1.26. The van der Waals surface area contributed by atoms with Gasteiger partial charge in [-0.3, -0.25) is 0 Å². The van der Waals surface area contributed by atoms with Gasteiger partial charge in [-0.1, -0.05) is 20.8 Å². The third kappa shape index (κ3) is 2.95. The van der Waals surface area contributed by atoms with Crippen LogP contribution in [0, 0.1) is 0 Å². The number of nitrogen functional groups attached to an aromatic ring is 1. The Bertz CT molecular complexity index is 281. The quantitative estimate of drug-likeness (QED) is 0.780. The van der Waals surface area contributed by atoms with Crippen LogP contribution in [0.1, 0.15) is 44.9 Å². The van der Waals surface area contributed by atoms with Crippen molar-refractivity contribution in [3.63, 3.8) is 0 Å². The lowest BCUT2D eigenvalue weighted by molar-refractivity contribution is 0.289. The topological polar surface area (TPSA) is 38.0 Å². The van der Waals surface area contributed by atoms with Crippen LogP contribution in [0.3, 0.4) is 0 Å². The van der Waals surface area contributed by atoms with Crippen molar-refractivity contribution in [2.24, 2.45) is 0 Å². The van der Waals surface area contributed by atoms with Crippen LogP contribution in [-0.2, 0) is 6.54 Å². The molecule has 1 rings (SSSR count). The zero-order valence-electron chi connectivity index (χ0n) is 9.97. The molecule has 0 spiro atoms. The first-order valence-corrected chi connectivity index (χ1v) is 6.62. The summed E-state index contributed by atoms with van der Waals surface area (Å²) in [6.45, 7) is 7.65. The molecular weight excluding hydrogens is 204 g/mol. The Balaban J connectivity index is 2.58. The van der Waals surface area contributed by atoms with Crippen molar-refractivity contribution in [1.82, 2.24) is 5.32 Å². The van der Waals surface area contributed by atoms with Crippen LogP contribution in [0.2, 0.25) is 0 Å². The van der Waals surface area contributed by atoms with E-state index >= 15 is 0 Å². The standard InChI is InChI=1S/C12H22N2S/c1-4-12(5-2,6-3)14-9-11-10(13)7-8-15-11/h7-8,14H,4-6,9,13H2,1-3H3. The summed E-state index contributed by atoms with van der Waals surface area (Å²) in [7, 11) is 0. The Morgan fingerprint density at radius 1 is 1.27 bits per heavy atom. The predicted molar refractivity (Wildman–Crippen MR) is 69.2 cm³/mol. The van der Waals surface area contributed by atoms with Crippen molar-refractivity contribution < 1.29 is 0 Å². The Labute approximate surface area is 96.9 Å². The highest BCUT2D eigenvalue weighted by molar-refractivity contribution is 7.10. The molecule has 15 heavy (non-hydrogen) atoms. The predicted octanol–water partition coefficient (Wildman–Crippen LogP) is 3.39. The largest absolute Gasteiger partial charge is 0.398 e. The van der Waals surface area contributed by atoms with Crippen molar-refractivity contribution in [1.29, 1.82) is 0 Å². The molecule has 0 amide bonds. The molecule has 0 saturated heterocycles. The normalized spacial score (nSPS) is 11.9. The molecule has 1 heterocycles. The average Bonchev–Trinajstić information content (AvgIpc) is 2.67. The first-order chi connectivity index (χ1) is 7.17. The van der Waals surface area contributed by atoms with Crippen LogP contribution in [0.25, 0.3) is 0 Å². The molecule has 0 aliphatic carbocycles. The van der Waals surface area contributed by atoms with Crippen LogP contribution in [0.5, 0.6) is 0 Å². The third-order valence-electron chi connectivity index (χ3n) is 3.43. The highest BCUT2D eigenvalue weighted by Crippen LogP contribution is 2.23. The minimum absolute atomic E-state index is 0.288. The highest BCUT2D eigenvalue weighted by Gasteiger charge is 2.22. The van der Waals surface area contributed by atoms with Crippen molar-refractivity contribution in [3.8, 4) is 0 Å². The first kappa shape index (κ1) is 12.5. The van der Waals surface area contributed by atoms with E-state index in [1.807, 2.05) is 6.07 Å². The first-order valence-electron chi connectivity index (χ1n) is 5.74. The van der Waals surface area contributed by atoms with E-state index in [0.29, 0.717) is 0 Å². The number of anilines is 1. The molecule has 0 radical (unpaired) electrons. The summed E-state index contributed by atoms with van der Waals surface area (Å²) in [6, 6.07) is 1.98. The molecule has 0 aliphatic rings. The number of hydrogen-bond donors (Lipinski definition) is 2. The van der Waals surface area contributed by atoms with Crippen LogP contribution < -0.4 is 11.1 Å². The number of nitrogens with one attached hydrogen (secondary N) is 1. The van der Waals surface area contributed by atoms with Gasteiger partial charge in [0.2, 0.25) is 0 Å². The molecule has 0 saturated carbocycles. The maximum Gasteiger partial charge on any atom is 0.0468 e. The van der Waals surface area contributed by atoms with Gasteiger partial charge in [-0.05, 0) is 30.7 Å². The Kier molecular flexibility index (Phi) is 4.61. The smallest absolute Gasteiger partial charge is 0.0468 e. The summed E-state index contributed by atoms with van der Waals surface area (Å²) >= 11 is 1.73. The van der Waals surface area contributed by atoms with E-state index < -0.39 is 0 Å². The molecule has 0 aromatic carbocycles. The van der Waals surface area contributed by atoms with Crippen LogP contribution in [-0.4, -0.2) is 5.54 Å². The summed E-state index contributed by atoms with van der Waals surface area (Å²) in [6.07, 6.45) is 3.52. The highest BCUT2D eigenvalue weighted by atomic mass is 32.1. The van der Waals surface area contributed by atoms with E-state index in [9.17, 15) is 0 Å². The monoisotopic (exact) mass is 226 g/mol. The van der Waals surface area contributed by atoms with Crippen LogP contribution >= 0.6 is 11.3 Å². The lowest BCUT2D eigenvalue weighted by Gasteiger charge is -2.32. The van der Waals surface area contributed by atoms with Gasteiger partial charge < -0.3 is 11.1 Å². The van der Waals surface area contributed by atoms with Gasteiger partial charge in [-0.25, -0.2) is 0 Å². The van der Waals surface area contributed by atoms with Crippen molar-refractivity contribution in [2.45, 2.75) is 52.1 Å². The van der Waals surface area contributed by atoms with E-state index in [1.165, 1.54) is 24.1 Å². The molecule has 3 heteroatoms. The molecule has 1 aromatic rings. The molecule has 86 valence electrons. The second-order valence-corrected chi connectivity index (χ2v) is 4.99. The van der Waals surface area contributed by atoms with Gasteiger partial charge in [0.1, 0.15) is 0 Å². The Morgan fingerprint density at radius 3 is 2.27 bits per heavy atom. The fraction of sp³-hybridized carbons (Fsp3) is 0.667. The van der Waals surface area contributed by atoms with Crippen molar-refractivity contribution in [2.75, 3.05) is 5.73 Å². The SMILES string of the molecule is CCC(CC)(CC)NCc1sccc1N. The summed E-state index contributed by atoms with van der Waals surface area (Å²) in [5.41, 5.74) is 7.07. The van der Waals surface area contributed by atoms with E-state index in [-0.39, 0.29) is 5.54 Å². The minimum Gasteiger partial charge on any atom is -0.398 e. The third-order valence-corrected chi connectivity index (χ3v) is 4.37. The zero-order chi connectivity index (χ0) is 11.3. The molecular formula is C12H22N2S. The lowest BCUT2D eigenvalue weighted by atomic mass is 9.90. The number of nitrogens with two attached hydrogens (primary N) is 1. The molecule has 0 aliphatic heterocycles. The van der Waals surface area contributed by atoms with Gasteiger partial charge in [-0.15, -0.1) is 11.3 Å². The number of hydrogen-bond acceptors (Lipinski definition) is 3. The summed E-state index contributed by atoms with van der Waals surface area (Å²) in [5, 5.41) is 5.71. The van der Waals surface area contributed by atoms with Crippen molar-refractivity contribution in [3.05, 3.63) is 16.3 Å². The van der Waals surface area contributed by atoms with Gasteiger partial charge in [-0.2, -0.15) is 0 Å². The average molecular weight is 226 g/mol. The molecule has 0 bridgehead atoms. The fourth-order valence-corrected chi connectivity index (χ4v) is 2.63. The second kappa shape index (κ2) is 5.52. The van der Waals surface area contributed by atoms with Crippen LogP contribution in [0.15, 0.2) is 11.4 Å². The summed E-state index contributed by atoms with van der Waals surface area (Å²) in [5.74, 6) is 0. The Hall–Kier alpha value is -0.540. The van der Waals surface area contributed by atoms with Gasteiger partial charge in [0.05, 0.1) is 0 Å². The van der Waals surface area contributed by atoms with E-state index in [4.69, 9.17) is 5.73 Å². The molecule has 0 unspecified atom stereocenters. The maximum absolute atomic E-state index is 5.86. The summed E-state index contributed by atoms with van der Waals surface area (Å²) < 4.78 is 0. The molecule has 1 aromatic heterocycles. The molecule has 2 nitrogen and oxygen atoms in total. The van der Waals surface area contributed by atoms with Gasteiger partial charge in [0.15, 0.2) is 0 Å². The number of thiophene rings is 1. The fourth-order valence-electron chi connectivity index (χ4n) is 1.89. The maximum atomic E-state index is 5.86. The second-order valence-electron chi connectivity index (χ2n) is 3.99. The Morgan fingerprint density at radius 2 is 1.87 bits per heavy atom.